The van der Waals surface area contributed by atoms with Crippen LogP contribution in [-0.2, 0) is 0 Å². The molecule has 0 aromatic heterocycles. The molecule has 0 spiro atoms. The third kappa shape index (κ3) is 10.1. The van der Waals surface area contributed by atoms with E-state index >= 15 is 0 Å². The molecule has 1 aromatic rings. The highest BCUT2D eigenvalue weighted by Crippen LogP contribution is 2.29. The number of rotatable bonds is 16. The predicted molar refractivity (Wildman–Crippen MR) is 119 cm³/mol. The molecule has 0 radical (unpaired) electrons. The van der Waals surface area contributed by atoms with Gasteiger partial charge in [0.15, 0.2) is 0 Å². The summed E-state index contributed by atoms with van der Waals surface area (Å²) in [5.74, 6) is 0.207. The molecule has 3 heteroatoms. The van der Waals surface area contributed by atoms with Crippen LogP contribution >= 0.6 is 0 Å². The van der Waals surface area contributed by atoms with Crippen molar-refractivity contribution < 1.29 is 9.90 Å². The number of benzene rings is 1. The van der Waals surface area contributed by atoms with Gasteiger partial charge in [0, 0.05) is 12.2 Å². The van der Waals surface area contributed by atoms with Crippen LogP contribution in [0.3, 0.4) is 0 Å². The van der Waals surface area contributed by atoms with E-state index in [9.17, 15) is 4.79 Å². The summed E-state index contributed by atoms with van der Waals surface area (Å²) in [6.45, 7) is 0.966. The molecular weight excluding hydrogens is 346 g/mol. The Kier molecular flexibility index (Phi) is 11.8. The molecule has 28 heavy (non-hydrogen) atoms. The van der Waals surface area contributed by atoms with Crippen molar-refractivity contribution in [2.75, 3.05) is 11.9 Å². The Labute approximate surface area is 172 Å². The van der Waals surface area contributed by atoms with Crippen LogP contribution in [0.5, 0.6) is 0 Å². The van der Waals surface area contributed by atoms with E-state index in [-0.39, 0.29) is 0 Å². The summed E-state index contributed by atoms with van der Waals surface area (Å²) in [4.78, 5) is 10.8. The SMILES string of the molecule is O=C(O)c1ccc(NCCCCCCCCCCCCCC2CCCC2)cc1. The second-order valence-electron chi connectivity index (χ2n) is 8.64. The molecule has 1 aliphatic carbocycles. The number of unbranched alkanes of at least 4 members (excludes halogenated alkanes) is 10. The molecule has 0 unspecified atom stereocenters. The van der Waals surface area contributed by atoms with Crippen molar-refractivity contribution in [3.8, 4) is 0 Å². The van der Waals surface area contributed by atoms with Gasteiger partial charge in [-0.25, -0.2) is 4.79 Å². The van der Waals surface area contributed by atoms with Crippen molar-refractivity contribution in [3.63, 3.8) is 0 Å². The maximum Gasteiger partial charge on any atom is 0.335 e. The quantitative estimate of drug-likeness (QED) is 0.286. The standard InChI is InChI=1S/C25H41NO2/c27-25(28)23-17-19-24(20-18-23)26-21-13-9-7-5-3-1-2-4-6-8-10-14-22-15-11-12-16-22/h17-20,22,26H,1-16,21H2,(H,27,28). The molecule has 158 valence electrons. The molecule has 1 aromatic carbocycles. The first kappa shape index (κ1) is 22.8. The number of carboxylic acid groups (broad SMARTS) is 1. The van der Waals surface area contributed by atoms with E-state index in [0.29, 0.717) is 5.56 Å². The van der Waals surface area contributed by atoms with Crippen molar-refractivity contribution in [2.24, 2.45) is 5.92 Å². The van der Waals surface area contributed by atoms with Crippen LogP contribution < -0.4 is 5.32 Å². The summed E-state index contributed by atoms with van der Waals surface area (Å²) < 4.78 is 0. The number of carboxylic acids is 1. The van der Waals surface area contributed by atoms with E-state index in [1.54, 1.807) is 12.1 Å². The van der Waals surface area contributed by atoms with Crippen LogP contribution in [-0.4, -0.2) is 17.6 Å². The highest BCUT2D eigenvalue weighted by atomic mass is 16.4. The Morgan fingerprint density at radius 1 is 0.786 bits per heavy atom. The van der Waals surface area contributed by atoms with Gasteiger partial charge in [-0.05, 0) is 36.6 Å². The lowest BCUT2D eigenvalue weighted by Crippen LogP contribution is -2.02. The molecule has 0 heterocycles. The molecule has 3 nitrogen and oxygen atoms in total. The minimum absolute atomic E-state index is 0.342. The predicted octanol–water partition coefficient (Wildman–Crippen LogP) is 7.67. The van der Waals surface area contributed by atoms with Gasteiger partial charge in [0.1, 0.15) is 0 Å². The van der Waals surface area contributed by atoms with Crippen LogP contribution in [0.1, 0.15) is 113 Å². The van der Waals surface area contributed by atoms with Gasteiger partial charge in [0.05, 0.1) is 5.56 Å². The van der Waals surface area contributed by atoms with Crippen LogP contribution in [0.2, 0.25) is 0 Å². The van der Waals surface area contributed by atoms with Gasteiger partial charge in [-0.2, -0.15) is 0 Å². The summed E-state index contributed by atoms with van der Waals surface area (Å²) in [7, 11) is 0. The van der Waals surface area contributed by atoms with E-state index in [4.69, 9.17) is 5.11 Å². The number of aromatic carboxylic acids is 1. The third-order valence-corrected chi connectivity index (χ3v) is 6.22. The van der Waals surface area contributed by atoms with E-state index in [0.717, 1.165) is 18.2 Å². The van der Waals surface area contributed by atoms with Crippen LogP contribution in [0.4, 0.5) is 5.69 Å². The maximum atomic E-state index is 10.8. The van der Waals surface area contributed by atoms with Crippen molar-refractivity contribution in [1.29, 1.82) is 0 Å². The fourth-order valence-electron chi connectivity index (χ4n) is 4.41. The number of hydrogen-bond donors (Lipinski definition) is 2. The van der Waals surface area contributed by atoms with Crippen molar-refractivity contribution in [3.05, 3.63) is 29.8 Å². The summed E-state index contributed by atoms with van der Waals surface area (Å²) in [6.07, 6.45) is 22.7. The Morgan fingerprint density at radius 2 is 1.29 bits per heavy atom. The zero-order valence-corrected chi connectivity index (χ0v) is 17.8. The molecule has 0 aliphatic heterocycles. The number of anilines is 1. The monoisotopic (exact) mass is 387 g/mol. The van der Waals surface area contributed by atoms with Crippen molar-refractivity contribution >= 4 is 11.7 Å². The minimum Gasteiger partial charge on any atom is -0.478 e. The number of hydrogen-bond acceptors (Lipinski definition) is 2. The van der Waals surface area contributed by atoms with Crippen LogP contribution in [0, 0.1) is 5.92 Å². The molecule has 1 fully saturated rings. The zero-order valence-electron chi connectivity index (χ0n) is 17.8. The molecule has 2 rings (SSSR count). The highest BCUT2D eigenvalue weighted by molar-refractivity contribution is 5.87. The topological polar surface area (TPSA) is 49.3 Å². The molecule has 1 aliphatic rings. The largest absolute Gasteiger partial charge is 0.478 e. The molecule has 0 bridgehead atoms. The minimum atomic E-state index is -0.870. The van der Waals surface area contributed by atoms with E-state index < -0.39 is 5.97 Å². The van der Waals surface area contributed by atoms with Gasteiger partial charge >= 0.3 is 5.97 Å². The van der Waals surface area contributed by atoms with Gasteiger partial charge in [-0.15, -0.1) is 0 Å². The van der Waals surface area contributed by atoms with Crippen molar-refractivity contribution in [1.82, 2.24) is 0 Å². The molecule has 1 saturated carbocycles. The summed E-state index contributed by atoms with van der Waals surface area (Å²) in [5.41, 5.74) is 1.35. The summed E-state index contributed by atoms with van der Waals surface area (Å²) >= 11 is 0. The Hall–Kier alpha value is -1.51. The first-order chi connectivity index (χ1) is 13.8. The average Bonchev–Trinajstić information content (AvgIpc) is 3.22. The first-order valence-electron chi connectivity index (χ1n) is 11.8. The number of carbonyl (C=O) groups is 1. The maximum absolute atomic E-state index is 10.8. The van der Waals surface area contributed by atoms with Gasteiger partial charge in [-0.3, -0.25) is 0 Å². The van der Waals surface area contributed by atoms with Crippen LogP contribution in [0.25, 0.3) is 0 Å². The van der Waals surface area contributed by atoms with Gasteiger partial charge in [-0.1, -0.05) is 96.3 Å². The molecular formula is C25H41NO2. The van der Waals surface area contributed by atoms with Gasteiger partial charge in [0.25, 0.3) is 0 Å². The summed E-state index contributed by atoms with van der Waals surface area (Å²) in [5, 5.41) is 12.3. The van der Waals surface area contributed by atoms with Gasteiger partial charge < -0.3 is 10.4 Å². The Balaban J connectivity index is 1.30. The smallest absolute Gasteiger partial charge is 0.335 e. The lowest BCUT2D eigenvalue weighted by Gasteiger charge is -2.08. The lowest BCUT2D eigenvalue weighted by atomic mass is 9.99. The zero-order chi connectivity index (χ0) is 19.9. The first-order valence-corrected chi connectivity index (χ1v) is 11.8. The summed E-state index contributed by atoms with van der Waals surface area (Å²) in [6, 6.07) is 7.00. The number of nitrogens with one attached hydrogen (secondary N) is 1. The van der Waals surface area contributed by atoms with E-state index in [1.165, 1.54) is 103 Å². The highest BCUT2D eigenvalue weighted by Gasteiger charge is 2.13. The molecule has 2 N–H and O–H groups in total. The molecule has 0 saturated heterocycles. The van der Waals surface area contributed by atoms with Crippen molar-refractivity contribution in [2.45, 2.75) is 103 Å². The molecule has 0 amide bonds. The fourth-order valence-corrected chi connectivity index (χ4v) is 4.41. The second-order valence-corrected chi connectivity index (χ2v) is 8.64. The third-order valence-electron chi connectivity index (χ3n) is 6.22. The normalized spacial score (nSPS) is 14.4. The van der Waals surface area contributed by atoms with Gasteiger partial charge in [0.2, 0.25) is 0 Å². The Bertz CT molecular complexity index is 520. The fraction of sp³-hybridized carbons (Fsp3) is 0.720. The molecule has 0 atom stereocenters. The average molecular weight is 388 g/mol. The lowest BCUT2D eigenvalue weighted by molar-refractivity contribution is 0.0697. The van der Waals surface area contributed by atoms with E-state index in [2.05, 4.69) is 5.32 Å². The second kappa shape index (κ2) is 14.5. The van der Waals surface area contributed by atoms with E-state index in [1.807, 2.05) is 12.1 Å². The Morgan fingerprint density at radius 3 is 1.82 bits per heavy atom. The van der Waals surface area contributed by atoms with Crippen LogP contribution in [0.15, 0.2) is 24.3 Å².